The summed E-state index contributed by atoms with van der Waals surface area (Å²) in [6.07, 6.45) is 0. The molecule has 0 aromatic carbocycles. The summed E-state index contributed by atoms with van der Waals surface area (Å²) in [7, 11) is 1.73. The normalized spacial score (nSPS) is 13.6. The molecule has 13 heavy (non-hydrogen) atoms. The van der Waals surface area contributed by atoms with Crippen molar-refractivity contribution >= 4 is 11.8 Å². The summed E-state index contributed by atoms with van der Waals surface area (Å²) >= 11 is 2.04. The highest BCUT2D eigenvalue weighted by molar-refractivity contribution is 7.99. The molecule has 0 bridgehead atoms. The smallest absolute Gasteiger partial charge is 0.0587 e. The van der Waals surface area contributed by atoms with Crippen LogP contribution in [-0.2, 0) is 4.74 Å². The summed E-state index contributed by atoms with van der Waals surface area (Å²) in [6, 6.07) is 0. The first-order chi connectivity index (χ1) is 6.18. The molecule has 0 saturated heterocycles. The molecule has 0 fully saturated rings. The Kier molecular flexibility index (Phi) is 9.03. The van der Waals surface area contributed by atoms with Crippen LogP contribution in [0.4, 0.5) is 0 Å². The number of hydrogen-bond donors (Lipinski definition) is 1. The minimum absolute atomic E-state index is 0.768. The molecule has 0 spiro atoms. The third-order valence-corrected chi connectivity index (χ3v) is 3.59. The van der Waals surface area contributed by atoms with E-state index in [1.165, 1.54) is 5.75 Å². The fraction of sp³-hybridized carbons (Fsp3) is 1.00. The standard InChI is InChI=1S/C10H23NOS/c1-9(2)10(3)13-8-6-11-5-7-12-4/h9-11H,5-8H2,1-4H3. The van der Waals surface area contributed by atoms with Crippen molar-refractivity contribution in [1.29, 1.82) is 0 Å². The van der Waals surface area contributed by atoms with Gasteiger partial charge in [0.25, 0.3) is 0 Å². The molecule has 0 rings (SSSR count). The van der Waals surface area contributed by atoms with Crippen molar-refractivity contribution in [3.8, 4) is 0 Å². The van der Waals surface area contributed by atoms with Crippen LogP contribution in [0.5, 0.6) is 0 Å². The lowest BCUT2D eigenvalue weighted by molar-refractivity contribution is 0.200. The van der Waals surface area contributed by atoms with E-state index in [4.69, 9.17) is 4.74 Å². The SMILES string of the molecule is COCCNCCSC(C)C(C)C. The van der Waals surface area contributed by atoms with Gasteiger partial charge in [-0.25, -0.2) is 0 Å². The van der Waals surface area contributed by atoms with E-state index in [1.54, 1.807) is 7.11 Å². The van der Waals surface area contributed by atoms with E-state index in [2.05, 4.69) is 26.1 Å². The molecule has 0 aromatic rings. The van der Waals surface area contributed by atoms with Gasteiger partial charge >= 0.3 is 0 Å². The average Bonchev–Trinajstić information content (AvgIpc) is 2.10. The van der Waals surface area contributed by atoms with Crippen molar-refractivity contribution in [3.63, 3.8) is 0 Å². The summed E-state index contributed by atoms with van der Waals surface area (Å²) in [5.41, 5.74) is 0. The van der Waals surface area contributed by atoms with Crippen LogP contribution in [0.3, 0.4) is 0 Å². The van der Waals surface area contributed by atoms with Gasteiger partial charge in [-0.1, -0.05) is 20.8 Å². The zero-order valence-electron chi connectivity index (χ0n) is 9.30. The van der Waals surface area contributed by atoms with Crippen LogP contribution < -0.4 is 5.32 Å². The first-order valence-electron chi connectivity index (χ1n) is 4.99. The molecule has 1 unspecified atom stereocenters. The van der Waals surface area contributed by atoms with Gasteiger partial charge in [-0.05, 0) is 5.92 Å². The number of hydrogen-bond acceptors (Lipinski definition) is 3. The lowest BCUT2D eigenvalue weighted by Gasteiger charge is -2.14. The molecule has 1 atom stereocenters. The van der Waals surface area contributed by atoms with E-state index < -0.39 is 0 Å². The molecule has 0 aliphatic rings. The van der Waals surface area contributed by atoms with Gasteiger partial charge < -0.3 is 10.1 Å². The van der Waals surface area contributed by atoms with Crippen LogP contribution >= 0.6 is 11.8 Å². The zero-order chi connectivity index (χ0) is 10.1. The molecule has 0 saturated carbocycles. The Morgan fingerprint density at radius 1 is 1.23 bits per heavy atom. The Morgan fingerprint density at radius 3 is 2.46 bits per heavy atom. The summed E-state index contributed by atoms with van der Waals surface area (Å²) in [6.45, 7) is 9.71. The van der Waals surface area contributed by atoms with Crippen molar-refractivity contribution < 1.29 is 4.74 Å². The van der Waals surface area contributed by atoms with Crippen LogP contribution in [0.1, 0.15) is 20.8 Å². The number of rotatable bonds is 8. The van der Waals surface area contributed by atoms with E-state index in [-0.39, 0.29) is 0 Å². The lowest BCUT2D eigenvalue weighted by Crippen LogP contribution is -2.22. The van der Waals surface area contributed by atoms with Gasteiger partial charge in [-0.3, -0.25) is 0 Å². The monoisotopic (exact) mass is 205 g/mol. The highest BCUT2D eigenvalue weighted by Gasteiger charge is 2.05. The van der Waals surface area contributed by atoms with Crippen LogP contribution in [0, 0.1) is 5.92 Å². The molecule has 80 valence electrons. The number of methoxy groups -OCH3 is 1. The van der Waals surface area contributed by atoms with Gasteiger partial charge in [0.05, 0.1) is 6.61 Å². The predicted molar refractivity (Wildman–Crippen MR) is 61.5 cm³/mol. The average molecular weight is 205 g/mol. The van der Waals surface area contributed by atoms with E-state index in [1.807, 2.05) is 11.8 Å². The Morgan fingerprint density at radius 2 is 1.92 bits per heavy atom. The van der Waals surface area contributed by atoms with E-state index in [0.29, 0.717) is 0 Å². The maximum Gasteiger partial charge on any atom is 0.0587 e. The maximum atomic E-state index is 4.94. The number of nitrogens with one attached hydrogen (secondary N) is 1. The molecular weight excluding hydrogens is 182 g/mol. The quantitative estimate of drug-likeness (QED) is 0.612. The van der Waals surface area contributed by atoms with E-state index in [0.717, 1.165) is 30.9 Å². The molecule has 0 aliphatic heterocycles. The van der Waals surface area contributed by atoms with Gasteiger partial charge in [0, 0.05) is 31.2 Å². The molecule has 0 amide bonds. The first kappa shape index (κ1) is 13.3. The van der Waals surface area contributed by atoms with E-state index >= 15 is 0 Å². The molecule has 0 heterocycles. The van der Waals surface area contributed by atoms with Crippen molar-refractivity contribution in [2.24, 2.45) is 5.92 Å². The molecule has 2 nitrogen and oxygen atoms in total. The van der Waals surface area contributed by atoms with Crippen LogP contribution in [0.15, 0.2) is 0 Å². The van der Waals surface area contributed by atoms with Crippen LogP contribution in [0.2, 0.25) is 0 Å². The largest absolute Gasteiger partial charge is 0.383 e. The molecular formula is C10H23NOS. The lowest BCUT2D eigenvalue weighted by atomic mass is 10.2. The summed E-state index contributed by atoms with van der Waals surface area (Å²) < 4.78 is 4.94. The Bertz CT molecular complexity index is 109. The number of ether oxygens (including phenoxy) is 1. The fourth-order valence-electron chi connectivity index (χ4n) is 0.809. The highest BCUT2D eigenvalue weighted by atomic mass is 32.2. The third-order valence-electron chi connectivity index (χ3n) is 2.08. The predicted octanol–water partition coefficient (Wildman–Crippen LogP) is 2.00. The molecule has 0 aliphatic carbocycles. The molecule has 0 radical (unpaired) electrons. The first-order valence-corrected chi connectivity index (χ1v) is 6.04. The number of thioether (sulfide) groups is 1. The second-order valence-electron chi connectivity index (χ2n) is 3.56. The third kappa shape index (κ3) is 8.60. The van der Waals surface area contributed by atoms with E-state index in [9.17, 15) is 0 Å². The zero-order valence-corrected chi connectivity index (χ0v) is 10.1. The van der Waals surface area contributed by atoms with Gasteiger partial charge in [-0.15, -0.1) is 0 Å². The topological polar surface area (TPSA) is 21.3 Å². The Balaban J connectivity index is 3.07. The van der Waals surface area contributed by atoms with Gasteiger partial charge in [0.2, 0.25) is 0 Å². The maximum absolute atomic E-state index is 4.94. The second kappa shape index (κ2) is 8.85. The van der Waals surface area contributed by atoms with Crippen molar-refractivity contribution in [1.82, 2.24) is 5.32 Å². The minimum Gasteiger partial charge on any atom is -0.383 e. The molecule has 0 aromatic heterocycles. The van der Waals surface area contributed by atoms with Crippen LogP contribution in [0.25, 0.3) is 0 Å². The minimum atomic E-state index is 0.768. The van der Waals surface area contributed by atoms with Crippen molar-refractivity contribution in [3.05, 3.63) is 0 Å². The van der Waals surface area contributed by atoms with Crippen molar-refractivity contribution in [2.45, 2.75) is 26.0 Å². The summed E-state index contributed by atoms with van der Waals surface area (Å²) in [4.78, 5) is 0. The molecule has 3 heteroatoms. The Labute approximate surface area is 86.8 Å². The second-order valence-corrected chi connectivity index (χ2v) is 5.05. The van der Waals surface area contributed by atoms with Gasteiger partial charge in [0.15, 0.2) is 0 Å². The molecule has 1 N–H and O–H groups in total. The Hall–Kier alpha value is 0.270. The van der Waals surface area contributed by atoms with Crippen molar-refractivity contribution in [2.75, 3.05) is 32.6 Å². The van der Waals surface area contributed by atoms with Gasteiger partial charge in [0.1, 0.15) is 0 Å². The summed E-state index contributed by atoms with van der Waals surface area (Å²) in [5, 5.41) is 4.10. The van der Waals surface area contributed by atoms with Gasteiger partial charge in [-0.2, -0.15) is 11.8 Å². The van der Waals surface area contributed by atoms with Crippen LogP contribution in [-0.4, -0.2) is 37.8 Å². The highest BCUT2D eigenvalue weighted by Crippen LogP contribution is 2.17. The summed E-state index contributed by atoms with van der Waals surface area (Å²) in [5.74, 6) is 1.98. The fourth-order valence-corrected chi connectivity index (χ4v) is 1.83.